The van der Waals surface area contributed by atoms with Crippen molar-refractivity contribution in [3.63, 3.8) is 0 Å². The van der Waals surface area contributed by atoms with Gasteiger partial charge in [-0.25, -0.2) is 9.98 Å². The smallest absolute Gasteiger partial charge is 0.417 e. The van der Waals surface area contributed by atoms with Crippen molar-refractivity contribution in [2.24, 2.45) is 10.7 Å². The van der Waals surface area contributed by atoms with Gasteiger partial charge in [0.05, 0.1) is 12.1 Å². The average Bonchev–Trinajstić information content (AvgIpc) is 2.52. The molecule has 0 aromatic carbocycles. The summed E-state index contributed by atoms with van der Waals surface area (Å²) >= 11 is 1.88. The maximum absolute atomic E-state index is 12.4. The van der Waals surface area contributed by atoms with Gasteiger partial charge in [0, 0.05) is 36.9 Å². The third kappa shape index (κ3) is 6.61. The Labute approximate surface area is 153 Å². The minimum atomic E-state index is -4.39. The molecule has 0 unspecified atom stereocenters. The largest absolute Gasteiger partial charge is 0.476 e. The zero-order chi connectivity index (χ0) is 16.0. The number of ether oxygens (including phenoxy) is 1. The fourth-order valence-electron chi connectivity index (χ4n) is 1.84. The van der Waals surface area contributed by atoms with Crippen LogP contribution in [0.15, 0.2) is 23.3 Å². The molecular weight excluding hydrogens is 444 g/mol. The Morgan fingerprint density at radius 1 is 1.35 bits per heavy atom. The summed E-state index contributed by atoms with van der Waals surface area (Å²) in [6.45, 7) is 2.29. The van der Waals surface area contributed by atoms with Gasteiger partial charge in [-0.05, 0) is 6.07 Å². The van der Waals surface area contributed by atoms with Crippen molar-refractivity contribution in [3.05, 3.63) is 23.9 Å². The lowest BCUT2D eigenvalue weighted by atomic mass is 10.3. The van der Waals surface area contributed by atoms with Gasteiger partial charge in [-0.1, -0.05) is 0 Å². The summed E-state index contributed by atoms with van der Waals surface area (Å²) in [5.74, 6) is 2.67. The number of aromatic nitrogens is 1. The molecule has 0 bridgehead atoms. The van der Waals surface area contributed by atoms with Crippen LogP contribution in [-0.2, 0) is 6.18 Å². The quantitative estimate of drug-likeness (QED) is 0.323. The third-order valence-corrected chi connectivity index (χ3v) is 3.96. The lowest BCUT2D eigenvalue weighted by Gasteiger charge is -2.27. The molecule has 0 radical (unpaired) electrons. The Balaban J connectivity index is 0.00000264. The number of rotatable bonds is 4. The fourth-order valence-corrected chi connectivity index (χ4v) is 2.74. The van der Waals surface area contributed by atoms with Crippen LogP contribution in [0.5, 0.6) is 5.88 Å². The molecule has 2 N–H and O–H groups in total. The zero-order valence-electron chi connectivity index (χ0n) is 12.3. The Morgan fingerprint density at radius 2 is 2.04 bits per heavy atom. The molecule has 1 aliphatic rings. The van der Waals surface area contributed by atoms with Gasteiger partial charge in [0.1, 0.15) is 6.61 Å². The van der Waals surface area contributed by atoms with Crippen molar-refractivity contribution in [3.8, 4) is 5.88 Å². The van der Waals surface area contributed by atoms with Crippen molar-refractivity contribution in [2.75, 3.05) is 37.7 Å². The number of guanidine groups is 1. The van der Waals surface area contributed by atoms with Crippen LogP contribution >= 0.6 is 35.7 Å². The van der Waals surface area contributed by atoms with E-state index in [-0.39, 0.29) is 36.5 Å². The Kier molecular flexibility index (Phi) is 8.23. The molecule has 0 spiro atoms. The molecule has 0 amide bonds. The number of hydrogen-bond acceptors (Lipinski definition) is 4. The van der Waals surface area contributed by atoms with Gasteiger partial charge in [0.2, 0.25) is 5.88 Å². The van der Waals surface area contributed by atoms with Crippen molar-refractivity contribution < 1.29 is 17.9 Å². The van der Waals surface area contributed by atoms with Crippen LogP contribution in [0.1, 0.15) is 5.56 Å². The van der Waals surface area contributed by atoms with Crippen LogP contribution in [0, 0.1) is 0 Å². The topological polar surface area (TPSA) is 63.7 Å². The molecule has 1 fully saturated rings. The predicted octanol–water partition coefficient (Wildman–Crippen LogP) is 2.46. The SMILES string of the molecule is I.NC(=NCCOc1ccc(C(F)(F)F)cn1)N1CCSCC1. The maximum atomic E-state index is 12.4. The highest BCUT2D eigenvalue weighted by Gasteiger charge is 2.30. The predicted molar refractivity (Wildman–Crippen MR) is 95.5 cm³/mol. The van der Waals surface area contributed by atoms with Crippen molar-refractivity contribution in [1.29, 1.82) is 0 Å². The van der Waals surface area contributed by atoms with E-state index in [0.29, 0.717) is 12.5 Å². The van der Waals surface area contributed by atoms with E-state index in [4.69, 9.17) is 10.5 Å². The first kappa shape index (κ1) is 20.1. The number of alkyl halides is 3. The summed E-state index contributed by atoms with van der Waals surface area (Å²) in [7, 11) is 0. The highest BCUT2D eigenvalue weighted by Crippen LogP contribution is 2.29. The van der Waals surface area contributed by atoms with E-state index in [9.17, 15) is 13.2 Å². The van der Waals surface area contributed by atoms with Crippen molar-refractivity contribution in [2.45, 2.75) is 6.18 Å². The van der Waals surface area contributed by atoms with Crippen LogP contribution in [-0.4, -0.2) is 53.6 Å². The normalized spacial score (nSPS) is 16.0. The van der Waals surface area contributed by atoms with Gasteiger partial charge in [-0.2, -0.15) is 24.9 Å². The van der Waals surface area contributed by atoms with Crippen molar-refractivity contribution >= 4 is 41.7 Å². The Bertz CT molecular complexity index is 507. The second kappa shape index (κ2) is 9.40. The van der Waals surface area contributed by atoms with Gasteiger partial charge >= 0.3 is 6.18 Å². The van der Waals surface area contributed by atoms with Crippen LogP contribution in [0.3, 0.4) is 0 Å². The molecule has 10 heteroatoms. The first-order chi connectivity index (χ1) is 10.5. The zero-order valence-corrected chi connectivity index (χ0v) is 15.4. The summed E-state index contributed by atoms with van der Waals surface area (Å²) in [4.78, 5) is 9.82. The molecule has 0 atom stereocenters. The van der Waals surface area contributed by atoms with E-state index >= 15 is 0 Å². The molecule has 5 nitrogen and oxygen atoms in total. The number of nitrogens with two attached hydrogens (primary N) is 1. The molecule has 0 aliphatic carbocycles. The summed E-state index contributed by atoms with van der Waals surface area (Å²) in [5.41, 5.74) is 5.07. The molecule has 1 aromatic rings. The van der Waals surface area contributed by atoms with Crippen LogP contribution in [0.4, 0.5) is 13.2 Å². The van der Waals surface area contributed by atoms with E-state index in [1.807, 2.05) is 16.7 Å². The number of nitrogens with zero attached hydrogens (tertiary/aromatic N) is 3. The summed E-state index contributed by atoms with van der Waals surface area (Å²) < 4.78 is 42.4. The first-order valence-corrected chi connectivity index (χ1v) is 7.91. The van der Waals surface area contributed by atoms with E-state index in [0.717, 1.165) is 36.9 Å². The Hall–Kier alpha value is -0.910. The minimum Gasteiger partial charge on any atom is -0.476 e. The highest BCUT2D eigenvalue weighted by molar-refractivity contribution is 14.0. The monoisotopic (exact) mass is 462 g/mol. The number of thioether (sulfide) groups is 1. The second-order valence-electron chi connectivity index (χ2n) is 4.57. The first-order valence-electron chi connectivity index (χ1n) is 6.75. The Morgan fingerprint density at radius 3 is 2.61 bits per heavy atom. The summed E-state index contributed by atoms with van der Waals surface area (Å²) in [6.07, 6.45) is -3.64. The molecular formula is C13H18F3IN4OS. The average molecular weight is 462 g/mol. The fraction of sp³-hybridized carbons (Fsp3) is 0.538. The lowest BCUT2D eigenvalue weighted by molar-refractivity contribution is -0.137. The molecule has 1 aliphatic heterocycles. The molecule has 1 aromatic heterocycles. The number of halogens is 4. The van der Waals surface area contributed by atoms with Crippen LogP contribution in [0.25, 0.3) is 0 Å². The number of aliphatic imine (C=N–C) groups is 1. The van der Waals surface area contributed by atoms with Gasteiger partial charge in [-0.15, -0.1) is 24.0 Å². The second-order valence-corrected chi connectivity index (χ2v) is 5.80. The molecule has 2 rings (SSSR count). The van der Waals surface area contributed by atoms with Crippen molar-refractivity contribution in [1.82, 2.24) is 9.88 Å². The summed E-state index contributed by atoms with van der Waals surface area (Å²) in [5, 5.41) is 0. The minimum absolute atomic E-state index is 0. The van der Waals surface area contributed by atoms with Gasteiger partial charge in [0.15, 0.2) is 5.96 Å². The standard InChI is InChI=1S/C13H17F3N4OS.HI/c14-13(15,16)10-1-2-11(19-9-10)21-6-3-18-12(17)20-4-7-22-8-5-20;/h1-2,9H,3-8H2,(H2,17,18);1H. The highest BCUT2D eigenvalue weighted by atomic mass is 127. The number of pyridine rings is 1. The molecule has 130 valence electrons. The summed E-state index contributed by atoms with van der Waals surface area (Å²) in [6, 6.07) is 2.13. The van der Waals surface area contributed by atoms with E-state index in [1.54, 1.807) is 0 Å². The van der Waals surface area contributed by atoms with E-state index in [1.165, 1.54) is 6.07 Å². The van der Waals surface area contributed by atoms with Gasteiger partial charge in [0.25, 0.3) is 0 Å². The molecule has 1 saturated heterocycles. The van der Waals surface area contributed by atoms with Crippen LogP contribution < -0.4 is 10.5 Å². The molecule has 23 heavy (non-hydrogen) atoms. The number of hydrogen-bond donors (Lipinski definition) is 1. The van der Waals surface area contributed by atoms with Crippen LogP contribution in [0.2, 0.25) is 0 Å². The lowest BCUT2D eigenvalue weighted by Crippen LogP contribution is -2.42. The van der Waals surface area contributed by atoms with E-state index in [2.05, 4.69) is 9.98 Å². The molecule has 2 heterocycles. The van der Waals surface area contributed by atoms with E-state index < -0.39 is 11.7 Å². The van der Waals surface area contributed by atoms with Gasteiger partial charge in [-0.3, -0.25) is 0 Å². The maximum Gasteiger partial charge on any atom is 0.417 e. The molecule has 0 saturated carbocycles. The third-order valence-electron chi connectivity index (χ3n) is 3.01. The van der Waals surface area contributed by atoms with Gasteiger partial charge < -0.3 is 15.4 Å².